The second-order valence-corrected chi connectivity index (χ2v) is 11.9. The molecule has 3 rings (SSSR count). The van der Waals surface area contributed by atoms with Gasteiger partial charge in [0, 0.05) is 18.2 Å². The summed E-state index contributed by atoms with van der Waals surface area (Å²) in [6.07, 6.45) is 1.40. The van der Waals surface area contributed by atoms with E-state index in [1.807, 2.05) is 58.9 Å². The van der Waals surface area contributed by atoms with Gasteiger partial charge < -0.3 is 19.7 Å². The number of carbonyl (C=O) groups excluding carboxylic acids is 2. The van der Waals surface area contributed by atoms with Crippen LogP contribution in [0, 0.1) is 6.92 Å². The van der Waals surface area contributed by atoms with Gasteiger partial charge in [-0.2, -0.15) is 0 Å². The van der Waals surface area contributed by atoms with Gasteiger partial charge in [0.1, 0.15) is 12.6 Å². The van der Waals surface area contributed by atoms with E-state index in [0.29, 0.717) is 17.9 Å². The smallest absolute Gasteiger partial charge is 0.244 e. The lowest BCUT2D eigenvalue weighted by Gasteiger charge is -2.34. The molecule has 1 aliphatic heterocycles. The summed E-state index contributed by atoms with van der Waals surface area (Å²) in [4.78, 5) is 28.4. The van der Waals surface area contributed by atoms with Gasteiger partial charge in [-0.15, -0.1) is 0 Å². The molecule has 0 aliphatic carbocycles. The van der Waals surface area contributed by atoms with E-state index < -0.39 is 34.1 Å². The highest BCUT2D eigenvalue weighted by Gasteiger charge is 2.33. The standard InChI is InChI=1S/C26H35N3O6S/c1-7-21(25(31)27-26(3,4)5)28(15-19-10-8-9-18(2)13-19)24(30)16-29(36(6,32)33)20-11-12-22-23(14-20)35-17-34-22/h8-14,21H,7,15-17H2,1-6H3,(H,27,31)/t21-/m0/s1. The van der Waals surface area contributed by atoms with Crippen molar-refractivity contribution in [3.8, 4) is 11.5 Å². The van der Waals surface area contributed by atoms with Crippen LogP contribution in [0.3, 0.4) is 0 Å². The molecule has 0 unspecified atom stereocenters. The Bertz CT molecular complexity index is 1220. The molecule has 1 N–H and O–H groups in total. The lowest BCUT2D eigenvalue weighted by Crippen LogP contribution is -2.55. The molecule has 0 saturated carbocycles. The molecule has 0 saturated heterocycles. The fourth-order valence-corrected chi connectivity index (χ4v) is 4.88. The van der Waals surface area contributed by atoms with E-state index in [1.165, 1.54) is 11.0 Å². The summed E-state index contributed by atoms with van der Waals surface area (Å²) in [7, 11) is -3.84. The molecule has 10 heteroatoms. The van der Waals surface area contributed by atoms with Crippen molar-refractivity contribution in [3.63, 3.8) is 0 Å². The molecular formula is C26H35N3O6S. The van der Waals surface area contributed by atoms with E-state index in [2.05, 4.69) is 5.32 Å². The molecule has 1 heterocycles. The highest BCUT2D eigenvalue weighted by atomic mass is 32.2. The van der Waals surface area contributed by atoms with Crippen LogP contribution in [-0.2, 0) is 26.2 Å². The summed E-state index contributed by atoms with van der Waals surface area (Å²) in [6.45, 7) is 9.13. The molecule has 0 radical (unpaired) electrons. The number of benzene rings is 2. The average Bonchev–Trinajstić information content (AvgIpc) is 3.23. The van der Waals surface area contributed by atoms with Gasteiger partial charge in [0.2, 0.25) is 28.6 Å². The molecule has 0 fully saturated rings. The minimum Gasteiger partial charge on any atom is -0.454 e. The summed E-state index contributed by atoms with van der Waals surface area (Å²) in [5.74, 6) is 0.126. The van der Waals surface area contributed by atoms with E-state index in [0.717, 1.165) is 21.7 Å². The Kier molecular flexibility index (Phi) is 8.18. The summed E-state index contributed by atoms with van der Waals surface area (Å²) in [5.41, 5.74) is 1.65. The Morgan fingerprint density at radius 2 is 1.78 bits per heavy atom. The van der Waals surface area contributed by atoms with Crippen LogP contribution in [0.25, 0.3) is 0 Å². The minimum atomic E-state index is -3.84. The quantitative estimate of drug-likeness (QED) is 0.548. The van der Waals surface area contributed by atoms with Crippen LogP contribution < -0.4 is 19.1 Å². The average molecular weight is 518 g/mol. The van der Waals surface area contributed by atoms with Gasteiger partial charge in [-0.05, 0) is 51.8 Å². The van der Waals surface area contributed by atoms with Crippen molar-refractivity contribution in [1.82, 2.24) is 10.2 Å². The summed E-state index contributed by atoms with van der Waals surface area (Å²) in [6, 6.07) is 11.6. The largest absolute Gasteiger partial charge is 0.454 e. The zero-order valence-corrected chi connectivity index (χ0v) is 22.5. The zero-order chi connectivity index (χ0) is 26.7. The number of nitrogens with zero attached hydrogens (tertiary/aromatic N) is 2. The second-order valence-electron chi connectivity index (χ2n) is 9.98. The van der Waals surface area contributed by atoms with Crippen LogP contribution in [0.4, 0.5) is 5.69 Å². The van der Waals surface area contributed by atoms with Gasteiger partial charge in [0.05, 0.1) is 11.9 Å². The van der Waals surface area contributed by atoms with E-state index in [1.54, 1.807) is 12.1 Å². The van der Waals surface area contributed by atoms with E-state index in [9.17, 15) is 18.0 Å². The molecule has 9 nitrogen and oxygen atoms in total. The normalized spacial score (nSPS) is 13.7. The Morgan fingerprint density at radius 3 is 2.39 bits per heavy atom. The molecule has 0 aromatic heterocycles. The Morgan fingerprint density at radius 1 is 1.08 bits per heavy atom. The zero-order valence-electron chi connectivity index (χ0n) is 21.7. The molecule has 1 atom stereocenters. The first-order valence-corrected chi connectivity index (χ1v) is 13.7. The monoisotopic (exact) mass is 517 g/mol. The number of carbonyl (C=O) groups is 2. The van der Waals surface area contributed by atoms with Crippen molar-refractivity contribution >= 4 is 27.5 Å². The number of anilines is 1. The molecule has 0 spiro atoms. The topological polar surface area (TPSA) is 105 Å². The van der Waals surface area contributed by atoms with Gasteiger partial charge in [-0.1, -0.05) is 36.8 Å². The first-order chi connectivity index (χ1) is 16.8. The summed E-state index contributed by atoms with van der Waals surface area (Å²) < 4.78 is 37.2. The van der Waals surface area contributed by atoms with Crippen molar-refractivity contribution in [1.29, 1.82) is 0 Å². The van der Waals surface area contributed by atoms with Crippen molar-refractivity contribution in [2.45, 2.75) is 59.2 Å². The second kappa shape index (κ2) is 10.8. The molecule has 2 amide bonds. The molecule has 36 heavy (non-hydrogen) atoms. The van der Waals surface area contributed by atoms with Crippen LogP contribution in [0.5, 0.6) is 11.5 Å². The number of hydrogen-bond acceptors (Lipinski definition) is 6. The van der Waals surface area contributed by atoms with Gasteiger partial charge in [0.25, 0.3) is 0 Å². The maximum atomic E-state index is 13.8. The van der Waals surface area contributed by atoms with Gasteiger partial charge in [-0.3, -0.25) is 13.9 Å². The Balaban J connectivity index is 1.96. The van der Waals surface area contributed by atoms with Crippen LogP contribution in [0.1, 0.15) is 45.2 Å². The van der Waals surface area contributed by atoms with Gasteiger partial charge in [0.15, 0.2) is 11.5 Å². The third-order valence-corrected chi connectivity index (χ3v) is 6.78. The highest BCUT2D eigenvalue weighted by molar-refractivity contribution is 7.92. The summed E-state index contributed by atoms with van der Waals surface area (Å²) in [5, 5.41) is 2.95. The van der Waals surface area contributed by atoms with Gasteiger partial charge in [-0.25, -0.2) is 8.42 Å². The van der Waals surface area contributed by atoms with E-state index >= 15 is 0 Å². The number of aryl methyl sites for hydroxylation is 1. The molecule has 1 aliphatic rings. The number of nitrogens with one attached hydrogen (secondary N) is 1. The first kappa shape index (κ1) is 27.3. The molecular weight excluding hydrogens is 482 g/mol. The Labute approximate surface area is 213 Å². The van der Waals surface area contributed by atoms with Crippen molar-refractivity contribution in [2.75, 3.05) is 23.9 Å². The molecule has 2 aromatic rings. The molecule has 196 valence electrons. The number of hydrogen-bond donors (Lipinski definition) is 1. The number of fused-ring (bicyclic) bond motifs is 1. The predicted octanol–water partition coefficient (Wildman–Crippen LogP) is 3.21. The van der Waals surface area contributed by atoms with Crippen LogP contribution in [0.15, 0.2) is 42.5 Å². The maximum absolute atomic E-state index is 13.8. The van der Waals surface area contributed by atoms with E-state index in [-0.39, 0.29) is 24.9 Å². The molecule has 2 aromatic carbocycles. The van der Waals surface area contributed by atoms with E-state index in [4.69, 9.17) is 9.47 Å². The van der Waals surface area contributed by atoms with Crippen molar-refractivity contribution < 1.29 is 27.5 Å². The van der Waals surface area contributed by atoms with Gasteiger partial charge >= 0.3 is 0 Å². The van der Waals surface area contributed by atoms with Crippen LogP contribution >= 0.6 is 0 Å². The number of ether oxygens (including phenoxy) is 2. The third-order valence-electron chi connectivity index (χ3n) is 5.64. The predicted molar refractivity (Wildman–Crippen MR) is 138 cm³/mol. The number of rotatable bonds is 9. The fourth-order valence-electron chi connectivity index (χ4n) is 4.03. The number of amides is 2. The molecule has 0 bridgehead atoms. The lowest BCUT2D eigenvalue weighted by atomic mass is 10.0. The van der Waals surface area contributed by atoms with Crippen LogP contribution in [0.2, 0.25) is 0 Å². The number of sulfonamides is 1. The first-order valence-electron chi connectivity index (χ1n) is 11.8. The van der Waals surface area contributed by atoms with Crippen LogP contribution in [-0.4, -0.2) is 56.3 Å². The lowest BCUT2D eigenvalue weighted by molar-refractivity contribution is -0.141. The summed E-state index contributed by atoms with van der Waals surface area (Å²) >= 11 is 0. The highest BCUT2D eigenvalue weighted by Crippen LogP contribution is 2.36. The fraction of sp³-hybridized carbons (Fsp3) is 0.462. The van der Waals surface area contributed by atoms with Crippen molar-refractivity contribution in [3.05, 3.63) is 53.6 Å². The third kappa shape index (κ3) is 6.90. The Hall–Kier alpha value is -3.27. The maximum Gasteiger partial charge on any atom is 0.244 e. The van der Waals surface area contributed by atoms with Crippen molar-refractivity contribution in [2.24, 2.45) is 0 Å². The minimum absolute atomic E-state index is 0.0436. The SMILES string of the molecule is CC[C@@H](C(=O)NC(C)(C)C)N(Cc1cccc(C)c1)C(=O)CN(c1ccc2c(c1)OCO2)S(C)(=O)=O.